The van der Waals surface area contributed by atoms with Gasteiger partial charge in [0.15, 0.2) is 11.7 Å². The summed E-state index contributed by atoms with van der Waals surface area (Å²) in [4.78, 5) is 25.1. The highest BCUT2D eigenvalue weighted by molar-refractivity contribution is 5.92. The van der Waals surface area contributed by atoms with Crippen molar-refractivity contribution in [1.29, 1.82) is 0 Å². The van der Waals surface area contributed by atoms with Crippen LogP contribution in [0.15, 0.2) is 59.9 Å². The van der Waals surface area contributed by atoms with Crippen molar-refractivity contribution in [3.05, 3.63) is 54.9 Å². The average molecular weight is 355 g/mol. The molecule has 7 nitrogen and oxygen atoms in total. The molecule has 4 N–H and O–H groups in total. The number of nitrogens with one attached hydrogen (secondary N) is 2. The molecule has 0 bridgehead atoms. The minimum atomic E-state index is -0.113. The molecule has 0 saturated heterocycles. The maximum absolute atomic E-state index is 11.7. The van der Waals surface area contributed by atoms with Crippen LogP contribution in [0.1, 0.15) is 32.1 Å². The Morgan fingerprint density at radius 1 is 1.04 bits per heavy atom. The molecule has 1 heterocycles. The van der Waals surface area contributed by atoms with Crippen LogP contribution in [0.5, 0.6) is 5.75 Å². The molecule has 1 amide bonds. The van der Waals surface area contributed by atoms with E-state index < -0.39 is 0 Å². The number of nitrogens with two attached hydrogens (primary N) is 1. The van der Waals surface area contributed by atoms with Gasteiger partial charge in [0.05, 0.1) is 0 Å². The largest absolute Gasteiger partial charge is 0.380 e. The summed E-state index contributed by atoms with van der Waals surface area (Å²) in [6, 6.07) is 12.8. The number of hydrogen-bond donors (Lipinski definition) is 3. The summed E-state index contributed by atoms with van der Waals surface area (Å²) in [5.74, 6) is 0.906. The second-order valence-corrected chi connectivity index (χ2v) is 5.73. The van der Waals surface area contributed by atoms with Gasteiger partial charge in [-0.3, -0.25) is 14.8 Å². The number of nitrogens with zero attached hydrogens (tertiary/aromatic N) is 2. The molecule has 0 spiro atoms. The second-order valence-electron chi connectivity index (χ2n) is 5.73. The van der Waals surface area contributed by atoms with Crippen LogP contribution in [0.2, 0.25) is 0 Å². The van der Waals surface area contributed by atoms with Gasteiger partial charge in [-0.25, -0.2) is 0 Å². The molecule has 0 saturated carbocycles. The molecule has 1 aromatic heterocycles. The SMILES string of the molecule is NC(=NCCCCCCC(=O)NOc1ccccc1)Nc1ccncc1. The Hall–Kier alpha value is -3.09. The molecule has 0 aliphatic carbocycles. The molecule has 26 heavy (non-hydrogen) atoms. The van der Waals surface area contributed by atoms with Crippen LogP contribution in [-0.4, -0.2) is 23.4 Å². The Morgan fingerprint density at radius 3 is 2.54 bits per heavy atom. The van der Waals surface area contributed by atoms with Crippen molar-refractivity contribution >= 4 is 17.6 Å². The summed E-state index contributed by atoms with van der Waals surface area (Å²) < 4.78 is 0. The molecule has 0 atom stereocenters. The van der Waals surface area contributed by atoms with Crippen molar-refractivity contribution in [3.63, 3.8) is 0 Å². The van der Waals surface area contributed by atoms with Crippen molar-refractivity contribution in [2.24, 2.45) is 10.7 Å². The number of amides is 1. The normalized spacial score (nSPS) is 11.0. The van der Waals surface area contributed by atoms with Crippen LogP contribution in [0, 0.1) is 0 Å². The van der Waals surface area contributed by atoms with Crippen LogP contribution < -0.4 is 21.4 Å². The van der Waals surface area contributed by atoms with Gasteiger partial charge in [0.1, 0.15) is 0 Å². The topological polar surface area (TPSA) is 102 Å². The van der Waals surface area contributed by atoms with Gasteiger partial charge < -0.3 is 15.9 Å². The van der Waals surface area contributed by atoms with Gasteiger partial charge in [-0.2, -0.15) is 5.48 Å². The van der Waals surface area contributed by atoms with Crippen molar-refractivity contribution in [1.82, 2.24) is 10.5 Å². The van der Waals surface area contributed by atoms with Crippen LogP contribution in [-0.2, 0) is 4.79 Å². The van der Waals surface area contributed by atoms with E-state index in [1.807, 2.05) is 30.3 Å². The van der Waals surface area contributed by atoms with E-state index in [0.717, 1.165) is 31.4 Å². The zero-order chi connectivity index (χ0) is 18.5. The standard InChI is InChI=1S/C19H25N5O2/c20-19(23-16-11-14-21-15-12-16)22-13-7-2-1-6-10-18(25)24-26-17-8-4-3-5-9-17/h3-5,8-9,11-12,14-15H,1-2,6-7,10,13H2,(H,24,25)(H3,20,21,22,23). The monoisotopic (exact) mass is 355 g/mol. The number of benzene rings is 1. The molecule has 1 aromatic carbocycles. The Morgan fingerprint density at radius 2 is 1.77 bits per heavy atom. The van der Waals surface area contributed by atoms with E-state index >= 15 is 0 Å². The lowest BCUT2D eigenvalue weighted by Crippen LogP contribution is -2.26. The fourth-order valence-electron chi connectivity index (χ4n) is 2.23. The zero-order valence-electron chi connectivity index (χ0n) is 14.7. The highest BCUT2D eigenvalue weighted by Gasteiger charge is 2.02. The summed E-state index contributed by atoms with van der Waals surface area (Å²) in [5.41, 5.74) is 9.13. The van der Waals surface area contributed by atoms with Crippen molar-refractivity contribution < 1.29 is 9.63 Å². The summed E-state index contributed by atoms with van der Waals surface area (Å²) in [5, 5.41) is 3.01. The smallest absolute Gasteiger partial charge is 0.252 e. The van der Waals surface area contributed by atoms with Gasteiger partial charge in [-0.1, -0.05) is 31.0 Å². The lowest BCUT2D eigenvalue weighted by molar-refractivity contribution is -0.127. The molecular formula is C19H25N5O2. The number of hydroxylamine groups is 1. The van der Waals surface area contributed by atoms with Gasteiger partial charge >= 0.3 is 0 Å². The minimum absolute atomic E-state index is 0.113. The van der Waals surface area contributed by atoms with Crippen molar-refractivity contribution in [2.45, 2.75) is 32.1 Å². The Balaban J connectivity index is 1.48. The predicted octanol–water partition coefficient (Wildman–Crippen LogP) is 2.87. The zero-order valence-corrected chi connectivity index (χ0v) is 14.7. The number of unbranched alkanes of at least 4 members (excludes halogenated alkanes) is 3. The maximum atomic E-state index is 11.7. The Bertz CT molecular complexity index is 677. The number of pyridine rings is 1. The van der Waals surface area contributed by atoms with Gasteiger partial charge in [0, 0.05) is 31.0 Å². The van der Waals surface area contributed by atoms with E-state index in [1.165, 1.54) is 0 Å². The first-order chi connectivity index (χ1) is 12.7. The number of aromatic nitrogens is 1. The number of rotatable bonds is 10. The molecule has 0 aliphatic heterocycles. The van der Waals surface area contributed by atoms with Crippen LogP contribution in [0.25, 0.3) is 0 Å². The number of carbonyl (C=O) groups is 1. The van der Waals surface area contributed by atoms with E-state index in [-0.39, 0.29) is 5.91 Å². The van der Waals surface area contributed by atoms with E-state index in [4.69, 9.17) is 10.6 Å². The molecule has 0 aliphatic rings. The van der Waals surface area contributed by atoms with E-state index in [0.29, 0.717) is 24.7 Å². The molecule has 0 unspecified atom stereocenters. The van der Waals surface area contributed by atoms with E-state index in [9.17, 15) is 4.79 Å². The predicted molar refractivity (Wildman–Crippen MR) is 103 cm³/mol. The van der Waals surface area contributed by atoms with E-state index in [2.05, 4.69) is 20.8 Å². The number of guanidine groups is 1. The number of hydrogen-bond acceptors (Lipinski definition) is 4. The van der Waals surface area contributed by atoms with Crippen LogP contribution >= 0.6 is 0 Å². The number of carbonyl (C=O) groups excluding carboxylic acids is 1. The Labute approximate surface area is 153 Å². The molecule has 2 rings (SSSR count). The fraction of sp³-hybridized carbons (Fsp3) is 0.316. The lowest BCUT2D eigenvalue weighted by atomic mass is 10.1. The van der Waals surface area contributed by atoms with Crippen LogP contribution in [0.4, 0.5) is 5.69 Å². The van der Waals surface area contributed by atoms with Gasteiger partial charge in [0.2, 0.25) is 0 Å². The van der Waals surface area contributed by atoms with Gasteiger partial charge in [0.25, 0.3) is 5.91 Å². The first-order valence-corrected chi connectivity index (χ1v) is 8.72. The first-order valence-electron chi connectivity index (χ1n) is 8.72. The quantitative estimate of drug-likeness (QED) is 0.263. The summed E-state index contributed by atoms with van der Waals surface area (Å²) in [6.07, 6.45) is 7.54. The fourth-order valence-corrected chi connectivity index (χ4v) is 2.23. The summed E-state index contributed by atoms with van der Waals surface area (Å²) in [7, 11) is 0. The lowest BCUT2D eigenvalue weighted by Gasteiger charge is -2.06. The van der Waals surface area contributed by atoms with E-state index in [1.54, 1.807) is 24.5 Å². The first kappa shape index (κ1) is 19.2. The second kappa shape index (κ2) is 11.5. The molecule has 0 radical (unpaired) electrons. The van der Waals surface area contributed by atoms with Gasteiger partial charge in [-0.15, -0.1) is 0 Å². The average Bonchev–Trinajstić information content (AvgIpc) is 2.67. The third kappa shape index (κ3) is 8.14. The van der Waals surface area contributed by atoms with Gasteiger partial charge in [-0.05, 0) is 37.1 Å². The third-order valence-corrected chi connectivity index (χ3v) is 3.57. The molecule has 7 heteroatoms. The summed E-state index contributed by atoms with van der Waals surface area (Å²) >= 11 is 0. The van der Waals surface area contributed by atoms with Crippen molar-refractivity contribution in [2.75, 3.05) is 11.9 Å². The minimum Gasteiger partial charge on any atom is -0.380 e. The van der Waals surface area contributed by atoms with Crippen LogP contribution in [0.3, 0.4) is 0 Å². The number of aliphatic imine (C=N–C) groups is 1. The third-order valence-electron chi connectivity index (χ3n) is 3.57. The molecule has 2 aromatic rings. The number of para-hydroxylation sites is 1. The summed E-state index contributed by atoms with van der Waals surface area (Å²) in [6.45, 7) is 0.660. The molecular weight excluding hydrogens is 330 g/mol. The highest BCUT2D eigenvalue weighted by atomic mass is 16.7. The maximum Gasteiger partial charge on any atom is 0.252 e. The molecule has 0 fully saturated rings. The number of anilines is 1. The van der Waals surface area contributed by atoms with Crippen molar-refractivity contribution in [3.8, 4) is 5.75 Å². The molecule has 138 valence electrons. The highest BCUT2D eigenvalue weighted by Crippen LogP contribution is 2.07. The Kier molecular flexibility index (Phi) is 8.48.